The van der Waals surface area contributed by atoms with Crippen LogP contribution in [0, 0.1) is 6.92 Å². The number of carbonyl (C=O) groups is 1. The summed E-state index contributed by atoms with van der Waals surface area (Å²) in [6.07, 6.45) is 0. The second-order valence-corrected chi connectivity index (χ2v) is 2.27. The van der Waals surface area contributed by atoms with Crippen LogP contribution in [0.2, 0.25) is 0 Å². The first-order valence-corrected chi connectivity index (χ1v) is 3.16. The Morgan fingerprint density at radius 2 is 2.45 bits per heavy atom. The maximum atomic E-state index is 11.0. The highest BCUT2D eigenvalue weighted by molar-refractivity contribution is 5.92. The van der Waals surface area contributed by atoms with Gasteiger partial charge in [-0.3, -0.25) is 14.9 Å². The fraction of sp³-hybridized carbons (Fsp3) is 0.333. The Labute approximate surface area is 64.2 Å². The molecule has 0 aliphatic rings. The predicted octanol–water partition coefficient (Wildman–Crippen LogP) is -0.668. The normalized spacial score (nSPS) is 9.73. The number of hydrazine groups is 1. The molecule has 0 saturated carbocycles. The van der Waals surface area contributed by atoms with E-state index in [1.54, 1.807) is 13.1 Å². The first kappa shape index (κ1) is 7.74. The first-order chi connectivity index (χ1) is 5.15. The van der Waals surface area contributed by atoms with Crippen LogP contribution in [0.15, 0.2) is 6.07 Å². The van der Waals surface area contributed by atoms with Crippen LogP contribution in [-0.2, 0) is 7.05 Å². The second kappa shape index (κ2) is 2.71. The minimum absolute atomic E-state index is 0.326. The number of amides is 1. The van der Waals surface area contributed by atoms with Crippen molar-refractivity contribution >= 4 is 5.91 Å². The molecule has 60 valence electrons. The molecule has 0 atom stereocenters. The lowest BCUT2D eigenvalue weighted by molar-refractivity contribution is 0.0944. The number of nitrogens with zero attached hydrogens (tertiary/aromatic N) is 2. The van der Waals surface area contributed by atoms with Crippen LogP contribution < -0.4 is 11.3 Å². The van der Waals surface area contributed by atoms with E-state index in [1.165, 1.54) is 4.68 Å². The van der Waals surface area contributed by atoms with Crippen molar-refractivity contribution in [1.82, 2.24) is 15.2 Å². The molecular weight excluding hydrogens is 144 g/mol. The summed E-state index contributed by atoms with van der Waals surface area (Å²) in [4.78, 5) is 11.0. The fourth-order valence-electron chi connectivity index (χ4n) is 0.897. The Morgan fingerprint density at radius 1 is 1.82 bits per heavy atom. The Bertz CT molecular complexity index is 278. The van der Waals surface area contributed by atoms with E-state index < -0.39 is 0 Å². The van der Waals surface area contributed by atoms with Gasteiger partial charge in [-0.05, 0) is 13.0 Å². The number of aryl methyl sites for hydroxylation is 2. The molecule has 0 aliphatic heterocycles. The van der Waals surface area contributed by atoms with Crippen LogP contribution in [0.3, 0.4) is 0 Å². The van der Waals surface area contributed by atoms with Gasteiger partial charge in [-0.25, -0.2) is 5.84 Å². The van der Waals surface area contributed by atoms with Crippen LogP contribution in [-0.4, -0.2) is 15.7 Å². The number of nitrogen functional groups attached to an aromatic ring is 1. The molecule has 0 spiro atoms. The maximum Gasteiger partial charge on any atom is 0.283 e. The fourth-order valence-corrected chi connectivity index (χ4v) is 0.897. The molecule has 5 heteroatoms. The molecule has 5 nitrogen and oxygen atoms in total. The van der Waals surface area contributed by atoms with E-state index in [-0.39, 0.29) is 5.91 Å². The van der Waals surface area contributed by atoms with Crippen LogP contribution >= 0.6 is 0 Å². The van der Waals surface area contributed by atoms with Crippen molar-refractivity contribution in [3.63, 3.8) is 0 Å². The summed E-state index contributed by atoms with van der Waals surface area (Å²) in [5.41, 5.74) is 3.30. The molecule has 1 heterocycles. The molecule has 0 unspecified atom stereocenters. The third kappa shape index (κ3) is 1.38. The average Bonchev–Trinajstić information content (AvgIpc) is 2.28. The quantitative estimate of drug-likeness (QED) is 0.320. The van der Waals surface area contributed by atoms with Crippen LogP contribution in [0.4, 0.5) is 0 Å². The summed E-state index contributed by atoms with van der Waals surface area (Å²) < 4.78 is 1.48. The molecule has 0 bridgehead atoms. The van der Waals surface area contributed by atoms with Gasteiger partial charge in [-0.1, -0.05) is 0 Å². The SMILES string of the molecule is Cc1cc(C(=O)NN)n(C)n1. The lowest BCUT2D eigenvalue weighted by atomic mass is 10.3. The molecular formula is C6H10N4O. The van der Waals surface area contributed by atoms with Gasteiger partial charge in [0.05, 0.1) is 5.69 Å². The molecule has 0 aliphatic carbocycles. The molecule has 1 amide bonds. The van der Waals surface area contributed by atoms with Gasteiger partial charge in [-0.2, -0.15) is 5.10 Å². The number of rotatable bonds is 1. The van der Waals surface area contributed by atoms with Crippen LogP contribution in [0.5, 0.6) is 0 Å². The van der Waals surface area contributed by atoms with Gasteiger partial charge in [0.1, 0.15) is 5.69 Å². The Hall–Kier alpha value is -1.36. The Balaban J connectivity index is 3.03. The van der Waals surface area contributed by atoms with E-state index in [1.807, 2.05) is 12.3 Å². The van der Waals surface area contributed by atoms with E-state index in [9.17, 15) is 4.79 Å². The zero-order chi connectivity index (χ0) is 8.43. The molecule has 0 fully saturated rings. The largest absolute Gasteiger partial charge is 0.289 e. The standard InChI is InChI=1S/C6H10N4O/c1-4-3-5(6(11)8-7)10(2)9-4/h3H,7H2,1-2H3,(H,8,11). The van der Waals surface area contributed by atoms with Crippen molar-refractivity contribution < 1.29 is 4.79 Å². The lowest BCUT2D eigenvalue weighted by Crippen LogP contribution is -2.31. The smallest absolute Gasteiger partial charge is 0.283 e. The Kier molecular flexibility index (Phi) is 1.91. The number of nitrogens with one attached hydrogen (secondary N) is 1. The highest BCUT2D eigenvalue weighted by atomic mass is 16.2. The molecule has 3 N–H and O–H groups in total. The molecule has 0 saturated heterocycles. The second-order valence-electron chi connectivity index (χ2n) is 2.27. The van der Waals surface area contributed by atoms with Gasteiger partial charge in [0.25, 0.3) is 5.91 Å². The molecule has 1 aromatic heterocycles. The Morgan fingerprint density at radius 3 is 2.82 bits per heavy atom. The van der Waals surface area contributed by atoms with Gasteiger partial charge >= 0.3 is 0 Å². The number of carbonyl (C=O) groups excluding carboxylic acids is 1. The third-order valence-electron chi connectivity index (χ3n) is 1.37. The van der Waals surface area contributed by atoms with Crippen molar-refractivity contribution in [2.75, 3.05) is 0 Å². The van der Waals surface area contributed by atoms with Crippen LogP contribution in [0.1, 0.15) is 16.2 Å². The monoisotopic (exact) mass is 154 g/mol. The number of hydrogen-bond donors (Lipinski definition) is 2. The van der Waals surface area contributed by atoms with Gasteiger partial charge in [-0.15, -0.1) is 0 Å². The third-order valence-corrected chi connectivity index (χ3v) is 1.37. The molecule has 11 heavy (non-hydrogen) atoms. The highest BCUT2D eigenvalue weighted by Crippen LogP contribution is 1.99. The van der Waals surface area contributed by atoms with Crippen molar-refractivity contribution in [1.29, 1.82) is 0 Å². The van der Waals surface area contributed by atoms with E-state index in [0.29, 0.717) is 5.69 Å². The minimum Gasteiger partial charge on any atom is -0.289 e. The average molecular weight is 154 g/mol. The topological polar surface area (TPSA) is 72.9 Å². The van der Waals surface area contributed by atoms with Crippen molar-refractivity contribution in [2.24, 2.45) is 12.9 Å². The van der Waals surface area contributed by atoms with Crippen molar-refractivity contribution in [3.05, 3.63) is 17.5 Å². The molecule has 1 aromatic rings. The summed E-state index contributed by atoms with van der Waals surface area (Å²) in [6, 6.07) is 1.67. The summed E-state index contributed by atoms with van der Waals surface area (Å²) in [5, 5.41) is 3.98. The van der Waals surface area contributed by atoms with Crippen molar-refractivity contribution in [3.8, 4) is 0 Å². The minimum atomic E-state index is -0.326. The number of hydrogen-bond acceptors (Lipinski definition) is 3. The summed E-state index contributed by atoms with van der Waals surface area (Å²) in [7, 11) is 1.69. The predicted molar refractivity (Wildman–Crippen MR) is 39.6 cm³/mol. The van der Waals surface area contributed by atoms with Gasteiger partial charge in [0.2, 0.25) is 0 Å². The summed E-state index contributed by atoms with van der Waals surface area (Å²) in [6.45, 7) is 1.81. The molecule has 1 rings (SSSR count). The zero-order valence-corrected chi connectivity index (χ0v) is 6.46. The first-order valence-electron chi connectivity index (χ1n) is 3.16. The van der Waals surface area contributed by atoms with E-state index >= 15 is 0 Å². The van der Waals surface area contributed by atoms with E-state index in [4.69, 9.17) is 5.84 Å². The lowest BCUT2D eigenvalue weighted by Gasteiger charge is -1.97. The highest BCUT2D eigenvalue weighted by Gasteiger charge is 2.08. The summed E-state index contributed by atoms with van der Waals surface area (Å²) in [5.74, 6) is 4.62. The van der Waals surface area contributed by atoms with Gasteiger partial charge < -0.3 is 0 Å². The van der Waals surface area contributed by atoms with Gasteiger partial charge in [0, 0.05) is 7.05 Å². The van der Waals surface area contributed by atoms with Gasteiger partial charge in [0.15, 0.2) is 0 Å². The van der Waals surface area contributed by atoms with Crippen molar-refractivity contribution in [2.45, 2.75) is 6.92 Å². The number of aromatic nitrogens is 2. The van der Waals surface area contributed by atoms with Crippen LogP contribution in [0.25, 0.3) is 0 Å². The van der Waals surface area contributed by atoms with E-state index in [2.05, 4.69) is 5.10 Å². The maximum absolute atomic E-state index is 11.0. The molecule has 0 aromatic carbocycles. The number of nitrogens with two attached hydrogens (primary N) is 1. The van der Waals surface area contributed by atoms with E-state index in [0.717, 1.165) is 5.69 Å². The summed E-state index contributed by atoms with van der Waals surface area (Å²) >= 11 is 0. The molecule has 0 radical (unpaired) electrons. The zero-order valence-electron chi connectivity index (χ0n) is 6.46.